The zero-order valence-electron chi connectivity index (χ0n) is 15.8. The van der Waals surface area contributed by atoms with Gasteiger partial charge in [-0.25, -0.2) is 4.68 Å². The number of para-hydroxylation sites is 1. The van der Waals surface area contributed by atoms with Crippen LogP contribution in [0.15, 0.2) is 97.5 Å². The highest BCUT2D eigenvalue weighted by Crippen LogP contribution is 2.24. The number of amides is 1. The normalized spacial score (nSPS) is 10.9. The number of hydrogen-bond acceptors (Lipinski definition) is 3. The van der Waals surface area contributed by atoms with Gasteiger partial charge in [-0.15, -0.1) is 0 Å². The van der Waals surface area contributed by atoms with Crippen molar-refractivity contribution in [2.75, 3.05) is 0 Å². The van der Waals surface area contributed by atoms with Crippen LogP contribution >= 0.6 is 0 Å². The Morgan fingerprint density at radius 2 is 1.72 bits per heavy atom. The molecule has 0 radical (unpaired) electrons. The summed E-state index contributed by atoms with van der Waals surface area (Å²) in [6.07, 6.45) is 8.73. The van der Waals surface area contributed by atoms with Crippen molar-refractivity contribution in [1.82, 2.24) is 20.1 Å². The molecule has 142 valence electrons. The largest absolute Gasteiger partial charge is 0.348 e. The third-order valence-electron chi connectivity index (χ3n) is 4.42. The first-order valence-corrected chi connectivity index (χ1v) is 9.35. The SMILES string of the molecule is O=C(/C=C/c1cn(-c2ccccc2)nc1-c1cccnc1)NCc1ccccc1. The standard InChI is InChI=1S/C24H20N4O/c29-23(26-16-19-8-3-1-4-9-19)14-13-21-18-28(22-11-5-2-6-12-22)27-24(21)20-10-7-15-25-17-20/h1-15,17-18H,16H2,(H,26,29)/b14-13+. The minimum atomic E-state index is -0.154. The molecule has 1 N–H and O–H groups in total. The van der Waals surface area contributed by atoms with E-state index in [-0.39, 0.29) is 5.91 Å². The van der Waals surface area contributed by atoms with Gasteiger partial charge in [0.15, 0.2) is 0 Å². The molecule has 2 aromatic carbocycles. The molecule has 5 nitrogen and oxygen atoms in total. The Labute approximate surface area is 169 Å². The zero-order chi connectivity index (χ0) is 19.9. The number of pyridine rings is 1. The zero-order valence-corrected chi connectivity index (χ0v) is 15.8. The van der Waals surface area contributed by atoms with Crippen LogP contribution in [0.3, 0.4) is 0 Å². The van der Waals surface area contributed by atoms with E-state index in [1.54, 1.807) is 18.5 Å². The van der Waals surface area contributed by atoms with Crippen molar-refractivity contribution >= 4 is 12.0 Å². The lowest BCUT2D eigenvalue weighted by molar-refractivity contribution is -0.116. The monoisotopic (exact) mass is 380 g/mol. The second-order valence-electron chi connectivity index (χ2n) is 6.49. The molecule has 0 saturated heterocycles. The number of nitrogens with zero attached hydrogens (tertiary/aromatic N) is 3. The summed E-state index contributed by atoms with van der Waals surface area (Å²) < 4.78 is 1.81. The minimum absolute atomic E-state index is 0.154. The number of carbonyl (C=O) groups excluding carboxylic acids is 1. The van der Waals surface area contributed by atoms with Crippen LogP contribution in [0.1, 0.15) is 11.1 Å². The molecular formula is C24H20N4O. The van der Waals surface area contributed by atoms with Crippen molar-refractivity contribution in [3.8, 4) is 16.9 Å². The van der Waals surface area contributed by atoms with E-state index in [4.69, 9.17) is 5.10 Å². The first-order valence-electron chi connectivity index (χ1n) is 9.35. The third kappa shape index (κ3) is 4.65. The highest BCUT2D eigenvalue weighted by Gasteiger charge is 2.11. The fourth-order valence-electron chi connectivity index (χ4n) is 2.96. The highest BCUT2D eigenvalue weighted by atomic mass is 16.1. The van der Waals surface area contributed by atoms with Gasteiger partial charge in [0.05, 0.1) is 5.69 Å². The summed E-state index contributed by atoms with van der Waals surface area (Å²) in [5.41, 5.74) is 4.52. The molecule has 2 aromatic heterocycles. The van der Waals surface area contributed by atoms with Gasteiger partial charge < -0.3 is 5.32 Å². The van der Waals surface area contributed by atoms with E-state index in [0.29, 0.717) is 6.54 Å². The Morgan fingerprint density at radius 1 is 0.966 bits per heavy atom. The molecule has 5 heteroatoms. The summed E-state index contributed by atoms with van der Waals surface area (Å²) in [7, 11) is 0. The Kier molecular flexibility index (Phi) is 5.58. The molecule has 0 atom stereocenters. The van der Waals surface area contributed by atoms with Crippen molar-refractivity contribution in [2.45, 2.75) is 6.54 Å². The van der Waals surface area contributed by atoms with Crippen LogP contribution in [-0.4, -0.2) is 20.7 Å². The average Bonchev–Trinajstić information content (AvgIpc) is 3.22. The van der Waals surface area contributed by atoms with Crippen LogP contribution in [0.4, 0.5) is 0 Å². The molecule has 2 heterocycles. The smallest absolute Gasteiger partial charge is 0.244 e. The molecular weight excluding hydrogens is 360 g/mol. The molecule has 0 aliphatic heterocycles. The van der Waals surface area contributed by atoms with Crippen LogP contribution in [0.2, 0.25) is 0 Å². The van der Waals surface area contributed by atoms with Crippen molar-refractivity contribution < 1.29 is 4.79 Å². The number of aromatic nitrogens is 3. The molecule has 0 unspecified atom stereocenters. The Bertz CT molecular complexity index is 1100. The molecule has 1 amide bonds. The number of rotatable bonds is 6. The van der Waals surface area contributed by atoms with Gasteiger partial charge in [-0.05, 0) is 35.9 Å². The number of carbonyl (C=O) groups is 1. The number of nitrogens with one attached hydrogen (secondary N) is 1. The molecule has 0 aliphatic carbocycles. The van der Waals surface area contributed by atoms with Crippen molar-refractivity contribution in [3.63, 3.8) is 0 Å². The van der Waals surface area contributed by atoms with E-state index < -0.39 is 0 Å². The molecule has 0 fully saturated rings. The lowest BCUT2D eigenvalue weighted by Gasteiger charge is -2.02. The maximum absolute atomic E-state index is 12.3. The topological polar surface area (TPSA) is 59.8 Å². The summed E-state index contributed by atoms with van der Waals surface area (Å²) >= 11 is 0. The lowest BCUT2D eigenvalue weighted by atomic mass is 10.1. The van der Waals surface area contributed by atoms with Gasteiger partial charge in [0.25, 0.3) is 0 Å². The Balaban J connectivity index is 1.57. The Morgan fingerprint density at radius 3 is 2.45 bits per heavy atom. The summed E-state index contributed by atoms with van der Waals surface area (Å²) in [4.78, 5) is 16.5. The number of hydrogen-bond donors (Lipinski definition) is 1. The molecule has 29 heavy (non-hydrogen) atoms. The number of benzene rings is 2. The van der Waals surface area contributed by atoms with Crippen LogP contribution in [0.25, 0.3) is 23.0 Å². The van der Waals surface area contributed by atoms with E-state index in [1.165, 1.54) is 6.08 Å². The van der Waals surface area contributed by atoms with Gasteiger partial charge >= 0.3 is 0 Å². The third-order valence-corrected chi connectivity index (χ3v) is 4.42. The van der Waals surface area contributed by atoms with E-state index in [9.17, 15) is 4.79 Å². The molecule has 0 saturated carbocycles. The minimum Gasteiger partial charge on any atom is -0.348 e. The van der Waals surface area contributed by atoms with Crippen LogP contribution in [-0.2, 0) is 11.3 Å². The van der Waals surface area contributed by atoms with Gasteiger partial charge in [-0.2, -0.15) is 5.10 Å². The average molecular weight is 380 g/mol. The van der Waals surface area contributed by atoms with Crippen molar-refractivity contribution in [3.05, 3.63) is 109 Å². The summed E-state index contributed by atoms with van der Waals surface area (Å²) in [5.74, 6) is -0.154. The summed E-state index contributed by atoms with van der Waals surface area (Å²) in [5, 5.41) is 7.62. The van der Waals surface area contributed by atoms with Gasteiger partial charge in [0.2, 0.25) is 5.91 Å². The van der Waals surface area contributed by atoms with Gasteiger partial charge in [-0.3, -0.25) is 9.78 Å². The molecule has 0 spiro atoms. The van der Waals surface area contributed by atoms with Crippen LogP contribution in [0, 0.1) is 0 Å². The van der Waals surface area contributed by atoms with Crippen LogP contribution < -0.4 is 5.32 Å². The second-order valence-corrected chi connectivity index (χ2v) is 6.49. The van der Waals surface area contributed by atoms with E-state index in [0.717, 1.165) is 28.1 Å². The van der Waals surface area contributed by atoms with Gasteiger partial charge in [0.1, 0.15) is 5.69 Å². The lowest BCUT2D eigenvalue weighted by Crippen LogP contribution is -2.20. The Hall–Kier alpha value is -3.99. The molecule has 4 rings (SSSR count). The second kappa shape index (κ2) is 8.80. The van der Waals surface area contributed by atoms with Crippen molar-refractivity contribution in [1.29, 1.82) is 0 Å². The fraction of sp³-hybridized carbons (Fsp3) is 0.0417. The van der Waals surface area contributed by atoms with Gasteiger partial charge in [-0.1, -0.05) is 48.5 Å². The maximum Gasteiger partial charge on any atom is 0.244 e. The highest BCUT2D eigenvalue weighted by molar-refractivity contribution is 5.92. The maximum atomic E-state index is 12.3. The summed E-state index contributed by atoms with van der Waals surface area (Å²) in [6.45, 7) is 0.489. The van der Waals surface area contributed by atoms with Crippen molar-refractivity contribution in [2.24, 2.45) is 0 Å². The first-order chi connectivity index (χ1) is 14.3. The first kappa shape index (κ1) is 18.4. The molecule has 4 aromatic rings. The predicted octanol–water partition coefficient (Wildman–Crippen LogP) is 4.26. The van der Waals surface area contributed by atoms with Gasteiger partial charge in [0, 0.05) is 42.3 Å². The van der Waals surface area contributed by atoms with E-state index in [1.807, 2.05) is 83.7 Å². The molecule has 0 bridgehead atoms. The fourth-order valence-corrected chi connectivity index (χ4v) is 2.96. The summed E-state index contributed by atoms with van der Waals surface area (Å²) in [6, 6.07) is 23.5. The van der Waals surface area contributed by atoms with E-state index in [2.05, 4.69) is 10.3 Å². The quantitative estimate of drug-likeness (QED) is 0.508. The molecule has 0 aliphatic rings. The van der Waals surface area contributed by atoms with Crippen LogP contribution in [0.5, 0.6) is 0 Å². The van der Waals surface area contributed by atoms with E-state index >= 15 is 0 Å². The predicted molar refractivity (Wildman–Crippen MR) is 114 cm³/mol.